The summed E-state index contributed by atoms with van der Waals surface area (Å²) in [6.07, 6.45) is 15.1. The second kappa shape index (κ2) is 5.91. The Bertz CT molecular complexity index is 557. The third-order valence-corrected chi connectivity index (χ3v) is 7.05. The number of imidazole rings is 1. The fourth-order valence-corrected chi connectivity index (χ4v) is 7.36. The number of hydrogen-bond donors (Lipinski definition) is 1. The molecule has 2 unspecified atom stereocenters. The number of aromatic nitrogens is 2. The summed E-state index contributed by atoms with van der Waals surface area (Å²) in [5.41, 5.74) is 0.280. The van der Waals surface area contributed by atoms with Gasteiger partial charge in [-0.25, -0.2) is 4.98 Å². The minimum absolute atomic E-state index is 0.258. The Morgan fingerprint density at radius 2 is 2.09 bits per heavy atom. The van der Waals surface area contributed by atoms with Gasteiger partial charge in [0.1, 0.15) is 0 Å². The van der Waals surface area contributed by atoms with Crippen LogP contribution in [0.2, 0.25) is 0 Å². The molecule has 1 aromatic rings. The van der Waals surface area contributed by atoms with E-state index in [0.717, 1.165) is 37.8 Å². The number of halogens is 1. The van der Waals surface area contributed by atoms with Crippen LogP contribution < -0.4 is 5.32 Å². The van der Waals surface area contributed by atoms with Gasteiger partial charge in [-0.15, -0.1) is 0 Å². The average Bonchev–Trinajstić information content (AvgIpc) is 2.93. The van der Waals surface area contributed by atoms with Crippen LogP contribution in [0, 0.1) is 17.3 Å². The number of aryl methyl sites for hydroxylation is 1. The van der Waals surface area contributed by atoms with Gasteiger partial charge in [-0.1, -0.05) is 15.9 Å². The molecule has 4 bridgehead atoms. The first-order chi connectivity index (χ1) is 11.0. The predicted octanol–water partition coefficient (Wildman–Crippen LogP) is 3.51. The Hall–Kier alpha value is -0.840. The lowest BCUT2D eigenvalue weighted by molar-refractivity contribution is -0.128. The molecule has 4 fully saturated rings. The highest BCUT2D eigenvalue weighted by Gasteiger charge is 2.57. The number of amides is 1. The van der Waals surface area contributed by atoms with Crippen molar-refractivity contribution in [3.05, 3.63) is 18.7 Å². The summed E-state index contributed by atoms with van der Waals surface area (Å²) in [6.45, 7) is 1.68. The lowest BCUT2D eigenvalue weighted by atomic mass is 9.48. The SMILES string of the molecule is O=C(CC12CC3CC(CC(Br)(C3)C1)C2)NCCCn1ccnc1. The van der Waals surface area contributed by atoms with Crippen LogP contribution >= 0.6 is 15.9 Å². The van der Waals surface area contributed by atoms with Crippen LogP contribution in [0.1, 0.15) is 51.4 Å². The molecule has 5 heteroatoms. The number of alkyl halides is 1. The van der Waals surface area contributed by atoms with Gasteiger partial charge < -0.3 is 9.88 Å². The maximum atomic E-state index is 12.4. The van der Waals surface area contributed by atoms with Crippen molar-refractivity contribution in [3.63, 3.8) is 0 Å². The molecule has 0 saturated heterocycles. The molecule has 126 valence electrons. The van der Waals surface area contributed by atoms with Gasteiger partial charge in [-0.05, 0) is 62.2 Å². The number of nitrogens with one attached hydrogen (secondary N) is 1. The molecule has 0 spiro atoms. The van der Waals surface area contributed by atoms with Crippen LogP contribution in [-0.2, 0) is 11.3 Å². The van der Waals surface area contributed by atoms with Crippen LogP contribution in [0.15, 0.2) is 18.7 Å². The Balaban J connectivity index is 1.27. The maximum Gasteiger partial charge on any atom is 0.220 e. The zero-order valence-corrected chi connectivity index (χ0v) is 15.2. The Kier molecular flexibility index (Phi) is 4.02. The number of carbonyl (C=O) groups is 1. The monoisotopic (exact) mass is 379 g/mol. The summed E-state index contributed by atoms with van der Waals surface area (Å²) < 4.78 is 2.40. The first kappa shape index (κ1) is 15.7. The highest BCUT2D eigenvalue weighted by atomic mass is 79.9. The summed E-state index contributed by atoms with van der Waals surface area (Å²) >= 11 is 4.03. The zero-order chi connectivity index (χ0) is 15.9. The van der Waals surface area contributed by atoms with Crippen LogP contribution in [0.3, 0.4) is 0 Å². The van der Waals surface area contributed by atoms with E-state index in [1.807, 2.05) is 12.5 Å². The number of nitrogens with zero attached hydrogens (tertiary/aromatic N) is 2. The summed E-state index contributed by atoms with van der Waals surface area (Å²) in [5, 5.41) is 3.14. The van der Waals surface area contributed by atoms with Crippen molar-refractivity contribution in [1.29, 1.82) is 0 Å². The standard InChI is InChI=1S/C18H26BrN3O/c19-18-9-14-6-15(10-18)8-17(7-14,12-18)11-16(23)21-2-1-4-22-5-3-20-13-22/h3,5,13-15H,1-2,4,6-12H2,(H,21,23). The number of hydrogen-bond acceptors (Lipinski definition) is 2. The predicted molar refractivity (Wildman–Crippen MR) is 93.2 cm³/mol. The second-order valence-corrected chi connectivity index (χ2v) is 9.97. The molecule has 4 aliphatic carbocycles. The topological polar surface area (TPSA) is 46.9 Å². The molecule has 1 heterocycles. The van der Waals surface area contributed by atoms with Gasteiger partial charge >= 0.3 is 0 Å². The quantitative estimate of drug-likeness (QED) is 0.607. The number of rotatable bonds is 6. The minimum atomic E-state index is 0.258. The number of carbonyl (C=O) groups excluding carboxylic acids is 1. The normalized spacial score (nSPS) is 38.0. The van der Waals surface area contributed by atoms with Gasteiger partial charge in [0.25, 0.3) is 0 Å². The molecule has 5 rings (SSSR count). The van der Waals surface area contributed by atoms with Crippen molar-refractivity contribution in [2.45, 2.75) is 62.2 Å². The van der Waals surface area contributed by atoms with Crippen LogP contribution in [0.25, 0.3) is 0 Å². The molecule has 0 radical (unpaired) electrons. The molecule has 1 N–H and O–H groups in total. The third-order valence-electron chi connectivity index (χ3n) is 6.12. The Labute approximate surface area is 146 Å². The van der Waals surface area contributed by atoms with E-state index in [1.54, 1.807) is 6.20 Å². The van der Waals surface area contributed by atoms with Crippen molar-refractivity contribution >= 4 is 21.8 Å². The van der Waals surface area contributed by atoms with Gasteiger partial charge in [0.05, 0.1) is 6.33 Å². The van der Waals surface area contributed by atoms with E-state index in [4.69, 9.17) is 0 Å². The lowest BCUT2D eigenvalue weighted by Crippen LogP contribution is -2.54. The highest BCUT2D eigenvalue weighted by Crippen LogP contribution is 2.65. The van der Waals surface area contributed by atoms with Gasteiger partial charge in [-0.3, -0.25) is 4.79 Å². The van der Waals surface area contributed by atoms with Crippen molar-refractivity contribution in [2.75, 3.05) is 6.54 Å². The second-order valence-electron chi connectivity index (χ2n) is 8.29. The van der Waals surface area contributed by atoms with Crippen molar-refractivity contribution in [1.82, 2.24) is 14.9 Å². The highest BCUT2D eigenvalue weighted by molar-refractivity contribution is 9.10. The summed E-state index contributed by atoms with van der Waals surface area (Å²) in [4.78, 5) is 16.5. The van der Waals surface area contributed by atoms with Crippen molar-refractivity contribution in [2.24, 2.45) is 17.3 Å². The maximum absolute atomic E-state index is 12.4. The van der Waals surface area contributed by atoms with Gasteiger partial charge in [-0.2, -0.15) is 0 Å². The fourth-order valence-electron chi connectivity index (χ4n) is 5.85. The third kappa shape index (κ3) is 3.35. The molecule has 1 amide bonds. The molecule has 2 atom stereocenters. The first-order valence-electron chi connectivity index (χ1n) is 8.96. The van der Waals surface area contributed by atoms with E-state index in [0.29, 0.717) is 4.32 Å². The van der Waals surface area contributed by atoms with Crippen molar-refractivity contribution < 1.29 is 4.79 Å². The van der Waals surface area contributed by atoms with E-state index < -0.39 is 0 Å². The Morgan fingerprint density at radius 1 is 1.30 bits per heavy atom. The molecule has 0 aliphatic heterocycles. The summed E-state index contributed by atoms with van der Waals surface area (Å²) in [6, 6.07) is 0. The molecule has 4 saturated carbocycles. The lowest BCUT2D eigenvalue weighted by Gasteiger charge is -2.60. The minimum Gasteiger partial charge on any atom is -0.356 e. The summed E-state index contributed by atoms with van der Waals surface area (Å²) in [5.74, 6) is 1.96. The molecule has 0 aromatic carbocycles. The molecular formula is C18H26BrN3O. The van der Waals surface area contributed by atoms with Crippen LogP contribution in [0.4, 0.5) is 0 Å². The van der Waals surface area contributed by atoms with Gasteiger partial charge in [0, 0.05) is 36.2 Å². The molecule has 4 aliphatic rings. The molecular weight excluding hydrogens is 354 g/mol. The zero-order valence-electron chi connectivity index (χ0n) is 13.6. The van der Waals surface area contributed by atoms with Crippen LogP contribution in [-0.4, -0.2) is 26.3 Å². The molecule has 1 aromatic heterocycles. The van der Waals surface area contributed by atoms with E-state index in [2.05, 4.69) is 30.8 Å². The summed E-state index contributed by atoms with van der Waals surface area (Å²) in [7, 11) is 0. The fraction of sp³-hybridized carbons (Fsp3) is 0.778. The smallest absolute Gasteiger partial charge is 0.220 e. The van der Waals surface area contributed by atoms with Crippen LogP contribution in [0.5, 0.6) is 0 Å². The largest absolute Gasteiger partial charge is 0.356 e. The first-order valence-corrected chi connectivity index (χ1v) is 9.75. The molecule has 4 nitrogen and oxygen atoms in total. The van der Waals surface area contributed by atoms with E-state index in [-0.39, 0.29) is 11.3 Å². The van der Waals surface area contributed by atoms with Gasteiger partial charge in [0.15, 0.2) is 0 Å². The van der Waals surface area contributed by atoms with Crippen molar-refractivity contribution in [3.8, 4) is 0 Å². The van der Waals surface area contributed by atoms with Gasteiger partial charge in [0.2, 0.25) is 5.91 Å². The van der Waals surface area contributed by atoms with E-state index in [9.17, 15) is 4.79 Å². The Morgan fingerprint density at radius 3 is 2.74 bits per heavy atom. The molecule has 23 heavy (non-hydrogen) atoms. The van der Waals surface area contributed by atoms with E-state index >= 15 is 0 Å². The van der Waals surface area contributed by atoms with E-state index in [1.165, 1.54) is 38.5 Å². The average molecular weight is 380 g/mol.